The summed E-state index contributed by atoms with van der Waals surface area (Å²) in [6, 6.07) is 8.96. The van der Waals surface area contributed by atoms with Gasteiger partial charge in [-0.15, -0.1) is 0 Å². The van der Waals surface area contributed by atoms with Crippen molar-refractivity contribution in [2.24, 2.45) is 0 Å². The van der Waals surface area contributed by atoms with Crippen LogP contribution in [0.3, 0.4) is 0 Å². The first-order valence-corrected chi connectivity index (χ1v) is 6.37. The van der Waals surface area contributed by atoms with Crippen molar-refractivity contribution in [1.82, 2.24) is 5.32 Å². The van der Waals surface area contributed by atoms with Crippen molar-refractivity contribution in [3.05, 3.63) is 70.2 Å². The molecule has 0 aliphatic carbocycles. The lowest BCUT2D eigenvalue weighted by Crippen LogP contribution is -2.29. The molecule has 0 atom stereocenters. The summed E-state index contributed by atoms with van der Waals surface area (Å²) in [4.78, 5) is 23.5. The molecular weight excluding hydrogens is 300 g/mol. The van der Waals surface area contributed by atoms with Crippen molar-refractivity contribution >= 4 is 23.3 Å². The van der Waals surface area contributed by atoms with E-state index in [0.717, 1.165) is 18.2 Å². The van der Waals surface area contributed by atoms with E-state index in [2.05, 4.69) is 5.32 Å². The van der Waals surface area contributed by atoms with E-state index >= 15 is 0 Å². The lowest BCUT2D eigenvalue weighted by atomic mass is 10.1. The maximum absolute atomic E-state index is 13.0. The molecule has 0 heterocycles. The van der Waals surface area contributed by atoms with E-state index in [1.54, 1.807) is 12.1 Å². The normalized spacial score (nSPS) is 10.2. The lowest BCUT2D eigenvalue weighted by molar-refractivity contribution is 0.0904. The molecule has 0 aromatic heterocycles. The standard InChI is InChI=1S/C15H10ClF2NO2/c16-11-4-1-9(2-5-11)14(20)8-19-15(21)10-3-6-12(17)13(18)7-10/h1-7H,8H2,(H,19,21). The molecule has 0 saturated carbocycles. The number of amides is 1. The maximum Gasteiger partial charge on any atom is 0.251 e. The van der Waals surface area contributed by atoms with Gasteiger partial charge in [0, 0.05) is 16.1 Å². The van der Waals surface area contributed by atoms with Crippen LogP contribution in [-0.2, 0) is 0 Å². The number of hydrogen-bond acceptors (Lipinski definition) is 2. The van der Waals surface area contributed by atoms with E-state index in [1.807, 2.05) is 0 Å². The quantitative estimate of drug-likeness (QED) is 0.881. The van der Waals surface area contributed by atoms with E-state index in [1.165, 1.54) is 12.1 Å². The number of halogens is 3. The Kier molecular flexibility index (Phi) is 4.65. The zero-order chi connectivity index (χ0) is 15.4. The zero-order valence-corrected chi connectivity index (χ0v) is 11.5. The van der Waals surface area contributed by atoms with Crippen LogP contribution < -0.4 is 5.32 Å². The molecule has 3 nitrogen and oxygen atoms in total. The fourth-order valence-corrected chi connectivity index (χ4v) is 1.76. The smallest absolute Gasteiger partial charge is 0.251 e. The SMILES string of the molecule is O=C(CNC(=O)c1ccc(F)c(F)c1)c1ccc(Cl)cc1. The number of ketones is 1. The molecule has 2 aromatic carbocycles. The number of hydrogen-bond donors (Lipinski definition) is 1. The van der Waals surface area contributed by atoms with Gasteiger partial charge < -0.3 is 5.32 Å². The summed E-state index contributed by atoms with van der Waals surface area (Å²) in [5.41, 5.74) is 0.336. The molecule has 0 aliphatic heterocycles. The Morgan fingerprint density at radius 1 is 0.952 bits per heavy atom. The molecular formula is C15H10ClF2NO2. The van der Waals surface area contributed by atoms with Crippen molar-refractivity contribution < 1.29 is 18.4 Å². The van der Waals surface area contributed by atoms with Crippen molar-refractivity contribution in [3.63, 3.8) is 0 Å². The minimum atomic E-state index is -1.12. The van der Waals surface area contributed by atoms with Gasteiger partial charge in [-0.05, 0) is 42.5 Å². The van der Waals surface area contributed by atoms with Crippen LogP contribution in [0.25, 0.3) is 0 Å². The van der Waals surface area contributed by atoms with Gasteiger partial charge in [0.05, 0.1) is 6.54 Å². The van der Waals surface area contributed by atoms with Crippen LogP contribution in [0.4, 0.5) is 8.78 Å². The van der Waals surface area contributed by atoms with Gasteiger partial charge >= 0.3 is 0 Å². The number of carbonyl (C=O) groups is 2. The lowest BCUT2D eigenvalue weighted by Gasteiger charge is -2.05. The molecule has 1 N–H and O–H groups in total. The predicted molar refractivity (Wildman–Crippen MR) is 74.5 cm³/mol. The molecule has 0 bridgehead atoms. The fraction of sp³-hybridized carbons (Fsp3) is 0.0667. The third kappa shape index (κ3) is 3.86. The van der Waals surface area contributed by atoms with Gasteiger partial charge in [0.15, 0.2) is 17.4 Å². The molecule has 0 fully saturated rings. The molecule has 2 rings (SSSR count). The van der Waals surface area contributed by atoms with E-state index in [9.17, 15) is 18.4 Å². The third-order valence-corrected chi connectivity index (χ3v) is 3.01. The third-order valence-electron chi connectivity index (χ3n) is 2.76. The summed E-state index contributed by atoms with van der Waals surface area (Å²) in [6.45, 7) is -0.251. The van der Waals surface area contributed by atoms with Crippen LogP contribution in [0.15, 0.2) is 42.5 Å². The Hall–Kier alpha value is -2.27. The molecule has 108 valence electrons. The van der Waals surface area contributed by atoms with Gasteiger partial charge in [-0.3, -0.25) is 9.59 Å². The zero-order valence-electron chi connectivity index (χ0n) is 10.7. The number of carbonyl (C=O) groups excluding carboxylic acids is 2. The molecule has 1 amide bonds. The highest BCUT2D eigenvalue weighted by molar-refractivity contribution is 6.30. The second kappa shape index (κ2) is 6.45. The summed E-state index contributed by atoms with van der Waals surface area (Å²) >= 11 is 5.70. The molecule has 0 spiro atoms. The average Bonchev–Trinajstić information content (AvgIpc) is 2.48. The second-order valence-corrected chi connectivity index (χ2v) is 4.68. The molecule has 0 aliphatic rings. The summed E-state index contributed by atoms with van der Waals surface area (Å²) in [6.07, 6.45) is 0. The second-order valence-electron chi connectivity index (χ2n) is 4.24. The summed E-state index contributed by atoms with van der Waals surface area (Å²) in [5, 5.41) is 2.85. The van der Waals surface area contributed by atoms with Crippen molar-refractivity contribution in [1.29, 1.82) is 0 Å². The van der Waals surface area contributed by atoms with Crippen LogP contribution >= 0.6 is 11.6 Å². The largest absolute Gasteiger partial charge is 0.345 e. The first kappa shape index (κ1) is 15.1. The maximum atomic E-state index is 13.0. The van der Waals surface area contributed by atoms with Gasteiger partial charge in [0.25, 0.3) is 5.91 Å². The Morgan fingerprint density at radius 2 is 1.57 bits per heavy atom. The first-order valence-electron chi connectivity index (χ1n) is 5.99. The van der Waals surface area contributed by atoms with Crippen molar-refractivity contribution in [2.45, 2.75) is 0 Å². The van der Waals surface area contributed by atoms with Crippen LogP contribution in [0.1, 0.15) is 20.7 Å². The van der Waals surface area contributed by atoms with Gasteiger partial charge in [0.1, 0.15) is 0 Å². The Bertz CT molecular complexity index is 687. The van der Waals surface area contributed by atoms with Gasteiger partial charge in [-0.2, -0.15) is 0 Å². The predicted octanol–water partition coefficient (Wildman–Crippen LogP) is 3.23. The highest BCUT2D eigenvalue weighted by Gasteiger charge is 2.12. The number of rotatable bonds is 4. The summed E-state index contributed by atoms with van der Waals surface area (Å²) < 4.78 is 25.8. The molecule has 0 saturated heterocycles. The summed E-state index contributed by atoms with van der Waals surface area (Å²) in [5.74, 6) is -3.13. The van der Waals surface area contributed by atoms with Gasteiger partial charge in [-0.25, -0.2) is 8.78 Å². The molecule has 6 heteroatoms. The Morgan fingerprint density at radius 3 is 2.19 bits per heavy atom. The van der Waals surface area contributed by atoms with E-state index in [4.69, 9.17) is 11.6 Å². The van der Waals surface area contributed by atoms with Crippen molar-refractivity contribution in [3.8, 4) is 0 Å². The van der Waals surface area contributed by atoms with Gasteiger partial charge in [-0.1, -0.05) is 11.6 Å². The minimum Gasteiger partial charge on any atom is -0.345 e. The van der Waals surface area contributed by atoms with E-state index in [0.29, 0.717) is 10.6 Å². The minimum absolute atomic E-state index is 0.0576. The fourth-order valence-electron chi connectivity index (χ4n) is 1.64. The van der Waals surface area contributed by atoms with Crippen LogP contribution in [0.2, 0.25) is 5.02 Å². The Balaban J connectivity index is 1.98. The van der Waals surface area contributed by atoms with Gasteiger partial charge in [0.2, 0.25) is 0 Å². The Labute approximate surface area is 124 Å². The summed E-state index contributed by atoms with van der Waals surface area (Å²) in [7, 11) is 0. The van der Waals surface area contributed by atoms with E-state index in [-0.39, 0.29) is 17.9 Å². The molecule has 0 unspecified atom stereocenters. The highest BCUT2D eigenvalue weighted by Crippen LogP contribution is 2.10. The average molecular weight is 310 g/mol. The highest BCUT2D eigenvalue weighted by atomic mass is 35.5. The van der Waals surface area contributed by atoms with Crippen LogP contribution in [-0.4, -0.2) is 18.2 Å². The first-order chi connectivity index (χ1) is 9.97. The number of nitrogens with one attached hydrogen (secondary N) is 1. The number of Topliss-reactive ketones (excluding diaryl/α,β-unsaturated/α-hetero) is 1. The van der Waals surface area contributed by atoms with Crippen LogP contribution in [0.5, 0.6) is 0 Å². The number of benzene rings is 2. The van der Waals surface area contributed by atoms with E-state index < -0.39 is 17.5 Å². The molecule has 0 radical (unpaired) electrons. The topological polar surface area (TPSA) is 46.2 Å². The van der Waals surface area contributed by atoms with Crippen molar-refractivity contribution in [2.75, 3.05) is 6.54 Å². The monoisotopic (exact) mass is 309 g/mol. The molecule has 21 heavy (non-hydrogen) atoms. The van der Waals surface area contributed by atoms with Crippen LogP contribution in [0, 0.1) is 11.6 Å². The molecule has 2 aromatic rings.